The minimum Gasteiger partial charge on any atom is -0.365 e. The number of aryl methyl sites for hydroxylation is 1. The van der Waals surface area contributed by atoms with E-state index < -0.39 is 0 Å². The fraction of sp³-hybridized carbons (Fsp3) is 0.476. The summed E-state index contributed by atoms with van der Waals surface area (Å²) in [4.78, 5) is 22.1. The van der Waals surface area contributed by atoms with Crippen LogP contribution in [-0.4, -0.2) is 41.8 Å². The van der Waals surface area contributed by atoms with E-state index in [4.69, 9.17) is 9.97 Å². The molecule has 0 saturated heterocycles. The molecule has 2 aliphatic rings. The highest BCUT2D eigenvalue weighted by Gasteiger charge is 2.29. The summed E-state index contributed by atoms with van der Waals surface area (Å²) in [6, 6.07) is 12.4. The maximum Gasteiger partial charge on any atom is 0.126 e. The molecule has 2 aromatic carbocycles. The largest absolute Gasteiger partial charge is 0.365 e. The number of nitrogens with one attached hydrogen (secondary N) is 2. The van der Waals surface area contributed by atoms with Crippen molar-refractivity contribution >= 4 is 23.2 Å². The molecule has 2 aliphatic carbocycles. The normalized spacial score (nSPS) is 16.7. The molecule has 6 rings (SSSR count). The number of hydrogen-bond acceptors (Lipinski definition) is 4. The Balaban J connectivity index is 1.25. The van der Waals surface area contributed by atoms with Crippen LogP contribution in [0.4, 0.5) is 0 Å². The van der Waals surface area contributed by atoms with Crippen LogP contribution >= 0.6 is 0 Å². The van der Waals surface area contributed by atoms with Crippen LogP contribution in [0.5, 0.6) is 0 Å². The van der Waals surface area contributed by atoms with Crippen molar-refractivity contribution in [3.8, 4) is 11.3 Å². The molecule has 2 N–H and O–H groups in total. The van der Waals surface area contributed by atoms with Gasteiger partial charge in [0.1, 0.15) is 11.6 Å². The van der Waals surface area contributed by atoms with Crippen molar-refractivity contribution in [2.75, 3.05) is 0 Å². The van der Waals surface area contributed by atoms with Crippen molar-refractivity contribution in [1.29, 1.82) is 0 Å². The fourth-order valence-corrected chi connectivity index (χ4v) is 8.08. The van der Waals surface area contributed by atoms with Gasteiger partial charge in [0, 0.05) is 34.6 Å². The maximum atomic E-state index is 5.23. The molecule has 0 aliphatic heterocycles. The molecule has 254 valence electrons. The molecular formula is C42H56N6. The van der Waals surface area contributed by atoms with Gasteiger partial charge in [-0.2, -0.15) is 0 Å². The van der Waals surface area contributed by atoms with Crippen LogP contribution < -0.4 is 10.4 Å². The highest BCUT2D eigenvalue weighted by Crippen LogP contribution is 2.40. The van der Waals surface area contributed by atoms with Crippen LogP contribution in [0, 0.1) is 5.92 Å². The summed E-state index contributed by atoms with van der Waals surface area (Å²) in [5.74, 6) is 2.88. The molecule has 2 heterocycles. The van der Waals surface area contributed by atoms with Crippen molar-refractivity contribution in [2.45, 2.75) is 124 Å². The number of aromatic amines is 2. The number of allylic oxidation sites excluding steroid dienone is 2. The second kappa shape index (κ2) is 14.6. The Hall–Kier alpha value is -4.06. The maximum absolute atomic E-state index is 5.23. The van der Waals surface area contributed by atoms with Crippen LogP contribution in [0.1, 0.15) is 115 Å². The Morgan fingerprint density at radius 1 is 0.896 bits per heavy atom. The monoisotopic (exact) mass is 644 g/mol. The van der Waals surface area contributed by atoms with Gasteiger partial charge in [-0.3, -0.25) is 0 Å². The SMILES string of the molecule is C=C(CCC)N(Cc1ncc(-c2ccc3c(c2)CCC2C=c4c(ccc5[nH]c(CN(C(=C)CCC)C(CC)CC)nc45)=CC32)[nH]1)C(C)C. The van der Waals surface area contributed by atoms with E-state index in [9.17, 15) is 0 Å². The minimum atomic E-state index is 0.384. The Morgan fingerprint density at radius 2 is 1.62 bits per heavy atom. The van der Waals surface area contributed by atoms with E-state index in [0.717, 1.165) is 92.8 Å². The molecule has 0 spiro atoms. The summed E-state index contributed by atoms with van der Waals surface area (Å²) >= 11 is 0. The van der Waals surface area contributed by atoms with Crippen LogP contribution in [0.3, 0.4) is 0 Å². The van der Waals surface area contributed by atoms with E-state index in [2.05, 4.69) is 117 Å². The summed E-state index contributed by atoms with van der Waals surface area (Å²) < 4.78 is 0. The van der Waals surface area contributed by atoms with E-state index in [0.29, 0.717) is 23.9 Å². The predicted molar refractivity (Wildman–Crippen MR) is 202 cm³/mol. The quantitative estimate of drug-likeness (QED) is 0.136. The van der Waals surface area contributed by atoms with Gasteiger partial charge in [0.2, 0.25) is 0 Å². The molecule has 4 aromatic rings. The number of nitrogens with zero attached hydrogens (tertiary/aromatic N) is 4. The van der Waals surface area contributed by atoms with Gasteiger partial charge >= 0.3 is 0 Å². The van der Waals surface area contributed by atoms with Crippen molar-refractivity contribution < 1.29 is 0 Å². The van der Waals surface area contributed by atoms with Crippen molar-refractivity contribution in [3.05, 3.63) is 94.3 Å². The highest BCUT2D eigenvalue weighted by atomic mass is 15.2. The van der Waals surface area contributed by atoms with Gasteiger partial charge in [-0.25, -0.2) is 9.97 Å². The molecule has 0 bridgehead atoms. The molecular weight excluding hydrogens is 589 g/mol. The van der Waals surface area contributed by atoms with E-state index in [1.54, 1.807) is 0 Å². The van der Waals surface area contributed by atoms with Gasteiger partial charge in [-0.15, -0.1) is 0 Å². The summed E-state index contributed by atoms with van der Waals surface area (Å²) in [6.07, 6.45) is 15.7. The number of imidazole rings is 2. The smallest absolute Gasteiger partial charge is 0.126 e. The molecule has 0 amide bonds. The number of H-pyrrole nitrogens is 2. The van der Waals surface area contributed by atoms with Crippen LogP contribution in [0.2, 0.25) is 0 Å². The first-order valence-corrected chi connectivity index (χ1v) is 18.5. The van der Waals surface area contributed by atoms with Crippen LogP contribution in [0.15, 0.2) is 61.1 Å². The van der Waals surface area contributed by atoms with Gasteiger partial charge in [0.05, 0.1) is 36.0 Å². The first-order chi connectivity index (χ1) is 23.2. The minimum absolute atomic E-state index is 0.384. The van der Waals surface area contributed by atoms with Gasteiger partial charge in [-0.1, -0.05) is 84.0 Å². The van der Waals surface area contributed by atoms with Gasteiger partial charge in [-0.05, 0) is 92.3 Å². The molecule has 2 atom stereocenters. The third kappa shape index (κ3) is 6.76. The van der Waals surface area contributed by atoms with E-state index >= 15 is 0 Å². The average molecular weight is 645 g/mol. The first kappa shape index (κ1) is 33.8. The molecule has 0 saturated carbocycles. The zero-order chi connectivity index (χ0) is 33.9. The molecule has 2 unspecified atom stereocenters. The lowest BCUT2D eigenvalue weighted by molar-refractivity contribution is 0.220. The number of benzene rings is 2. The van der Waals surface area contributed by atoms with E-state index in [-0.39, 0.29) is 0 Å². The van der Waals surface area contributed by atoms with Gasteiger partial charge in [0.15, 0.2) is 0 Å². The molecule has 0 fully saturated rings. The lowest BCUT2D eigenvalue weighted by Gasteiger charge is -2.33. The fourth-order valence-electron chi connectivity index (χ4n) is 8.08. The molecule has 0 radical (unpaired) electrons. The standard InChI is InChI=1S/C42H56N6/c1-9-13-28(7)47(27(5)6)25-40-43-24-39(45-40)33-17-19-35-30(21-33)15-16-31-23-37-32(22-36(31)35)18-20-38-42(37)46-41(44-38)26-48(29(8)14-10-2)34(11-3)12-4/h17-24,27,31,34,36H,7-16,25-26H2,1-6H3,(H,43,45)(H,44,46). The molecule has 48 heavy (non-hydrogen) atoms. The lowest BCUT2D eigenvalue weighted by Crippen LogP contribution is -2.35. The van der Waals surface area contributed by atoms with Crippen molar-refractivity contribution in [1.82, 2.24) is 29.7 Å². The predicted octanol–water partition coefficient (Wildman–Crippen LogP) is 8.70. The Bertz CT molecular complexity index is 1890. The van der Waals surface area contributed by atoms with Crippen molar-refractivity contribution in [3.63, 3.8) is 0 Å². The third-order valence-electron chi connectivity index (χ3n) is 10.7. The number of hydrogen-bond donors (Lipinski definition) is 2. The number of fused-ring (bicyclic) bond motifs is 6. The summed E-state index contributed by atoms with van der Waals surface area (Å²) in [6.45, 7) is 23.8. The Kier molecular flexibility index (Phi) is 10.3. The topological polar surface area (TPSA) is 63.8 Å². The van der Waals surface area contributed by atoms with E-state index in [1.165, 1.54) is 38.5 Å². The Labute approximate surface area is 287 Å². The molecule has 2 aromatic heterocycles. The zero-order valence-electron chi connectivity index (χ0n) is 30.2. The van der Waals surface area contributed by atoms with Gasteiger partial charge in [0.25, 0.3) is 0 Å². The Morgan fingerprint density at radius 3 is 2.33 bits per heavy atom. The summed E-state index contributed by atoms with van der Waals surface area (Å²) in [7, 11) is 0. The van der Waals surface area contributed by atoms with E-state index in [1.807, 2.05) is 6.20 Å². The third-order valence-corrected chi connectivity index (χ3v) is 10.7. The zero-order valence-corrected chi connectivity index (χ0v) is 30.2. The highest BCUT2D eigenvalue weighted by molar-refractivity contribution is 5.78. The van der Waals surface area contributed by atoms with Crippen LogP contribution in [-0.2, 0) is 19.5 Å². The number of aromatic nitrogens is 4. The second-order valence-corrected chi connectivity index (χ2v) is 14.3. The van der Waals surface area contributed by atoms with Gasteiger partial charge < -0.3 is 19.8 Å². The number of rotatable bonds is 15. The average Bonchev–Trinajstić information content (AvgIpc) is 3.73. The summed E-state index contributed by atoms with van der Waals surface area (Å²) in [5, 5.41) is 2.59. The molecule has 6 nitrogen and oxygen atoms in total. The second-order valence-electron chi connectivity index (χ2n) is 14.3. The van der Waals surface area contributed by atoms with Crippen LogP contribution in [0.25, 0.3) is 34.4 Å². The molecule has 6 heteroatoms. The lowest BCUT2D eigenvalue weighted by atomic mass is 9.72. The summed E-state index contributed by atoms with van der Waals surface area (Å²) in [5.41, 5.74) is 9.84. The first-order valence-electron chi connectivity index (χ1n) is 18.5. The van der Waals surface area contributed by atoms with Crippen molar-refractivity contribution in [2.24, 2.45) is 5.92 Å².